The molecule has 1 atom stereocenters. The highest BCUT2D eigenvalue weighted by atomic mass is 35.5. The largest absolute Gasteiger partial charge is 0.377 e. The van der Waals surface area contributed by atoms with E-state index in [4.69, 9.17) is 11.6 Å². The number of anilines is 2. The molecule has 8 heteroatoms. The van der Waals surface area contributed by atoms with Crippen LogP contribution in [0.3, 0.4) is 0 Å². The maximum Gasteiger partial charge on any atom is 0.263 e. The van der Waals surface area contributed by atoms with E-state index in [1.54, 1.807) is 17.6 Å². The van der Waals surface area contributed by atoms with Crippen molar-refractivity contribution in [3.05, 3.63) is 70.7 Å². The lowest BCUT2D eigenvalue weighted by Gasteiger charge is -2.21. The Kier molecular flexibility index (Phi) is 6.36. The van der Waals surface area contributed by atoms with Crippen molar-refractivity contribution in [1.82, 2.24) is 4.98 Å². The molecule has 1 aromatic heterocycles. The van der Waals surface area contributed by atoms with E-state index < -0.39 is 10.0 Å². The predicted octanol–water partition coefficient (Wildman–Crippen LogP) is 5.55. The fraction of sp³-hybridized carbons (Fsp3) is 0.211. The molecule has 2 aromatic carbocycles. The summed E-state index contributed by atoms with van der Waals surface area (Å²) in [6.07, 6.45) is 3.49. The number of nitrogens with one attached hydrogen (secondary N) is 2. The van der Waals surface area contributed by atoms with Gasteiger partial charge < -0.3 is 5.32 Å². The zero-order chi connectivity index (χ0) is 19.3. The number of aromatic nitrogens is 1. The Morgan fingerprint density at radius 3 is 2.59 bits per heavy atom. The quantitative estimate of drug-likeness (QED) is 0.500. The molecule has 142 valence electrons. The lowest BCUT2D eigenvalue weighted by atomic mass is 10.0. The van der Waals surface area contributed by atoms with Crippen molar-refractivity contribution < 1.29 is 8.42 Å². The zero-order valence-electron chi connectivity index (χ0n) is 14.7. The molecule has 0 aliphatic heterocycles. The molecule has 0 amide bonds. The van der Waals surface area contributed by atoms with E-state index >= 15 is 0 Å². The number of thiazole rings is 1. The summed E-state index contributed by atoms with van der Waals surface area (Å²) in [6.45, 7) is 2.12. The van der Waals surface area contributed by atoms with Crippen molar-refractivity contribution in [2.45, 2.75) is 30.7 Å². The summed E-state index contributed by atoms with van der Waals surface area (Å²) < 4.78 is 27.4. The minimum absolute atomic E-state index is 0.0972. The molecule has 1 heterocycles. The summed E-state index contributed by atoms with van der Waals surface area (Å²) >= 11 is 7.60. The van der Waals surface area contributed by atoms with Gasteiger partial charge in [0.25, 0.3) is 10.0 Å². The fourth-order valence-electron chi connectivity index (χ4n) is 2.71. The number of rotatable bonds is 8. The van der Waals surface area contributed by atoms with Crippen molar-refractivity contribution in [3.63, 3.8) is 0 Å². The van der Waals surface area contributed by atoms with E-state index in [1.807, 2.05) is 18.2 Å². The number of hydrogen-bond donors (Lipinski definition) is 2. The van der Waals surface area contributed by atoms with Crippen molar-refractivity contribution in [1.29, 1.82) is 0 Å². The molecule has 3 rings (SSSR count). The van der Waals surface area contributed by atoms with Crippen LogP contribution in [0.2, 0.25) is 5.02 Å². The molecule has 2 N–H and O–H groups in total. The second-order valence-corrected chi connectivity index (χ2v) is 8.96. The number of sulfonamides is 1. The maximum atomic E-state index is 12.5. The third-order valence-corrected chi connectivity index (χ3v) is 6.48. The fourth-order valence-corrected chi connectivity index (χ4v) is 4.83. The van der Waals surface area contributed by atoms with E-state index in [9.17, 15) is 8.42 Å². The third kappa shape index (κ3) is 5.00. The van der Waals surface area contributed by atoms with Crippen LogP contribution in [0.15, 0.2) is 65.0 Å². The topological polar surface area (TPSA) is 71.1 Å². The summed E-state index contributed by atoms with van der Waals surface area (Å²) in [5, 5.41) is 5.81. The van der Waals surface area contributed by atoms with Gasteiger partial charge in [0, 0.05) is 11.6 Å². The molecule has 0 saturated carbocycles. The SMILES string of the molecule is CCCC(Nc1ccc(S(=O)(=O)Nc2nccs2)cc1Cl)c1ccccc1. The van der Waals surface area contributed by atoms with Crippen LogP contribution in [-0.4, -0.2) is 13.4 Å². The normalized spacial score (nSPS) is 12.5. The van der Waals surface area contributed by atoms with Gasteiger partial charge in [-0.2, -0.15) is 0 Å². The second kappa shape index (κ2) is 8.73. The second-order valence-electron chi connectivity index (χ2n) is 5.98. The standard InChI is InChI=1S/C19H20ClN3O2S2/c1-2-6-17(14-7-4-3-5-8-14)22-18-10-9-15(13-16(18)20)27(24,25)23-19-21-11-12-26-19/h3-5,7-13,17,22H,2,6H2,1H3,(H,21,23). The highest BCUT2D eigenvalue weighted by molar-refractivity contribution is 7.93. The van der Waals surface area contributed by atoms with Gasteiger partial charge in [-0.3, -0.25) is 4.72 Å². The number of benzene rings is 2. The van der Waals surface area contributed by atoms with E-state index in [2.05, 4.69) is 34.1 Å². The summed E-state index contributed by atoms with van der Waals surface area (Å²) in [6, 6.07) is 14.9. The minimum atomic E-state index is -3.73. The highest BCUT2D eigenvalue weighted by Crippen LogP contribution is 2.31. The van der Waals surface area contributed by atoms with Crippen LogP contribution in [-0.2, 0) is 10.0 Å². The van der Waals surface area contributed by atoms with Gasteiger partial charge in [0.2, 0.25) is 0 Å². The van der Waals surface area contributed by atoms with Crippen LogP contribution < -0.4 is 10.0 Å². The van der Waals surface area contributed by atoms with Gasteiger partial charge in [0.15, 0.2) is 5.13 Å². The number of hydrogen-bond acceptors (Lipinski definition) is 5. The predicted molar refractivity (Wildman–Crippen MR) is 112 cm³/mol. The van der Waals surface area contributed by atoms with Gasteiger partial charge in [-0.05, 0) is 30.2 Å². The van der Waals surface area contributed by atoms with Crippen molar-refractivity contribution in [2.75, 3.05) is 10.0 Å². The van der Waals surface area contributed by atoms with Crippen LogP contribution in [0.5, 0.6) is 0 Å². The Morgan fingerprint density at radius 1 is 1.19 bits per heavy atom. The summed E-state index contributed by atoms with van der Waals surface area (Å²) in [5.41, 5.74) is 1.87. The molecule has 0 bridgehead atoms. The first kappa shape index (κ1) is 19.7. The summed E-state index contributed by atoms with van der Waals surface area (Å²) in [5.74, 6) is 0. The van der Waals surface area contributed by atoms with Gasteiger partial charge in [0.05, 0.1) is 21.6 Å². The third-order valence-electron chi connectivity index (χ3n) is 4.01. The van der Waals surface area contributed by atoms with Crippen LogP contribution in [0.1, 0.15) is 31.4 Å². The first-order valence-corrected chi connectivity index (χ1v) is 11.3. The molecule has 0 radical (unpaired) electrons. The Labute approximate surface area is 168 Å². The van der Waals surface area contributed by atoms with Crippen molar-refractivity contribution >= 4 is 43.8 Å². The van der Waals surface area contributed by atoms with E-state index in [0.29, 0.717) is 15.8 Å². The van der Waals surface area contributed by atoms with Crippen molar-refractivity contribution in [2.24, 2.45) is 0 Å². The number of nitrogens with zero attached hydrogens (tertiary/aromatic N) is 1. The Balaban J connectivity index is 1.81. The highest BCUT2D eigenvalue weighted by Gasteiger charge is 2.18. The van der Waals surface area contributed by atoms with Crippen LogP contribution in [0.4, 0.5) is 10.8 Å². The lowest BCUT2D eigenvalue weighted by molar-refractivity contribution is 0.601. The van der Waals surface area contributed by atoms with E-state index in [1.165, 1.54) is 23.5 Å². The molecule has 3 aromatic rings. The molecule has 27 heavy (non-hydrogen) atoms. The van der Waals surface area contributed by atoms with Crippen LogP contribution in [0, 0.1) is 0 Å². The Bertz CT molecular complexity index is 977. The first-order valence-electron chi connectivity index (χ1n) is 8.53. The molecule has 1 unspecified atom stereocenters. The Morgan fingerprint density at radius 2 is 1.96 bits per heavy atom. The van der Waals surface area contributed by atoms with E-state index in [0.717, 1.165) is 18.4 Å². The van der Waals surface area contributed by atoms with Gasteiger partial charge in [-0.1, -0.05) is 55.3 Å². The van der Waals surface area contributed by atoms with Crippen molar-refractivity contribution in [3.8, 4) is 0 Å². The maximum absolute atomic E-state index is 12.5. The molecular formula is C19H20ClN3O2S2. The monoisotopic (exact) mass is 421 g/mol. The molecule has 0 aliphatic carbocycles. The van der Waals surface area contributed by atoms with Gasteiger partial charge >= 0.3 is 0 Å². The van der Waals surface area contributed by atoms with Gasteiger partial charge in [0.1, 0.15) is 0 Å². The lowest BCUT2D eigenvalue weighted by Crippen LogP contribution is -2.14. The number of halogens is 1. The van der Waals surface area contributed by atoms with Gasteiger partial charge in [-0.15, -0.1) is 11.3 Å². The van der Waals surface area contributed by atoms with Crippen LogP contribution >= 0.6 is 22.9 Å². The molecule has 0 aliphatic rings. The molecule has 0 saturated heterocycles. The molecule has 5 nitrogen and oxygen atoms in total. The first-order chi connectivity index (χ1) is 13.0. The molecule has 0 spiro atoms. The molecular weight excluding hydrogens is 402 g/mol. The summed E-state index contributed by atoms with van der Waals surface area (Å²) in [7, 11) is -3.73. The Hall–Kier alpha value is -2.09. The van der Waals surface area contributed by atoms with Crippen LogP contribution in [0.25, 0.3) is 0 Å². The van der Waals surface area contributed by atoms with Gasteiger partial charge in [-0.25, -0.2) is 13.4 Å². The average molecular weight is 422 g/mol. The van der Waals surface area contributed by atoms with E-state index in [-0.39, 0.29) is 10.9 Å². The minimum Gasteiger partial charge on any atom is -0.377 e. The average Bonchev–Trinajstić information content (AvgIpc) is 3.15. The zero-order valence-corrected chi connectivity index (χ0v) is 17.1. The summed E-state index contributed by atoms with van der Waals surface area (Å²) in [4.78, 5) is 4.04. The smallest absolute Gasteiger partial charge is 0.263 e. The molecule has 0 fully saturated rings.